The predicted molar refractivity (Wildman–Crippen MR) is 81.5 cm³/mol. The molecular formula is C15H16Cl2N2O2. The zero-order valence-electron chi connectivity index (χ0n) is 11.7. The summed E-state index contributed by atoms with van der Waals surface area (Å²) in [6, 6.07) is 7.20. The first-order valence-corrected chi connectivity index (χ1v) is 7.57. The molecular weight excluding hydrogens is 311 g/mol. The summed E-state index contributed by atoms with van der Waals surface area (Å²) in [4.78, 5) is 12.2. The number of halogens is 2. The number of rotatable bonds is 4. The van der Waals surface area contributed by atoms with Gasteiger partial charge in [0.25, 0.3) is 5.91 Å². The number of amides is 1. The molecule has 1 fully saturated rings. The summed E-state index contributed by atoms with van der Waals surface area (Å²) < 4.78 is 5.55. The van der Waals surface area contributed by atoms with Crippen LogP contribution >= 0.6 is 23.2 Å². The number of nitriles is 1. The summed E-state index contributed by atoms with van der Waals surface area (Å²) in [7, 11) is 0. The summed E-state index contributed by atoms with van der Waals surface area (Å²) >= 11 is 11.9. The molecule has 0 heterocycles. The number of benzene rings is 1. The van der Waals surface area contributed by atoms with Crippen LogP contribution in [0.15, 0.2) is 18.2 Å². The molecule has 0 spiro atoms. The molecule has 2 rings (SSSR count). The number of nitrogens with one attached hydrogen (secondary N) is 1. The van der Waals surface area contributed by atoms with Crippen LogP contribution in [0.3, 0.4) is 0 Å². The predicted octanol–water partition coefficient (Wildman–Crippen LogP) is 3.71. The Hall–Kier alpha value is -1.44. The fraction of sp³-hybridized carbons (Fsp3) is 0.467. The van der Waals surface area contributed by atoms with Crippen LogP contribution in [0.1, 0.15) is 32.6 Å². The van der Waals surface area contributed by atoms with Crippen LogP contribution in [0, 0.1) is 11.3 Å². The highest BCUT2D eigenvalue weighted by atomic mass is 35.5. The Morgan fingerprint density at radius 2 is 2.10 bits per heavy atom. The van der Waals surface area contributed by atoms with Crippen molar-refractivity contribution in [1.29, 1.82) is 5.26 Å². The molecule has 112 valence electrons. The zero-order chi connectivity index (χ0) is 15.5. The molecule has 1 amide bonds. The second-order valence-corrected chi connectivity index (χ2v) is 5.99. The van der Waals surface area contributed by atoms with Gasteiger partial charge in [-0.05, 0) is 44.7 Å². The maximum Gasteiger partial charge on any atom is 0.262 e. The average Bonchev–Trinajstić information content (AvgIpc) is 2.93. The Kier molecular flexibility index (Phi) is 4.97. The quantitative estimate of drug-likeness (QED) is 0.917. The fourth-order valence-electron chi connectivity index (χ4n) is 2.40. The van der Waals surface area contributed by atoms with E-state index in [2.05, 4.69) is 11.4 Å². The number of hydrogen-bond donors (Lipinski definition) is 1. The molecule has 1 saturated carbocycles. The van der Waals surface area contributed by atoms with Crippen LogP contribution in [0.2, 0.25) is 10.0 Å². The molecule has 1 aromatic carbocycles. The molecule has 1 N–H and O–H groups in total. The van der Waals surface area contributed by atoms with Gasteiger partial charge in [0.2, 0.25) is 0 Å². The van der Waals surface area contributed by atoms with E-state index in [9.17, 15) is 10.1 Å². The molecule has 1 unspecified atom stereocenters. The average molecular weight is 327 g/mol. The van der Waals surface area contributed by atoms with Crippen molar-refractivity contribution in [2.24, 2.45) is 0 Å². The van der Waals surface area contributed by atoms with E-state index in [1.54, 1.807) is 25.1 Å². The first kappa shape index (κ1) is 15.9. The number of ether oxygens (including phenoxy) is 1. The highest BCUT2D eigenvalue weighted by Crippen LogP contribution is 2.32. The Morgan fingerprint density at radius 3 is 2.71 bits per heavy atom. The molecule has 21 heavy (non-hydrogen) atoms. The zero-order valence-corrected chi connectivity index (χ0v) is 13.2. The van der Waals surface area contributed by atoms with E-state index in [1.165, 1.54) is 0 Å². The van der Waals surface area contributed by atoms with Crippen molar-refractivity contribution < 1.29 is 9.53 Å². The molecule has 1 atom stereocenters. The minimum atomic E-state index is -0.758. The van der Waals surface area contributed by atoms with Gasteiger partial charge in [-0.25, -0.2) is 0 Å². The van der Waals surface area contributed by atoms with Gasteiger partial charge in [0, 0.05) is 0 Å². The van der Waals surface area contributed by atoms with E-state index in [4.69, 9.17) is 27.9 Å². The molecule has 6 heteroatoms. The molecule has 0 aliphatic heterocycles. The number of nitrogens with zero attached hydrogens (tertiary/aromatic N) is 1. The van der Waals surface area contributed by atoms with Gasteiger partial charge in [-0.1, -0.05) is 29.3 Å². The van der Waals surface area contributed by atoms with Crippen molar-refractivity contribution in [3.8, 4) is 11.8 Å². The van der Waals surface area contributed by atoms with Crippen molar-refractivity contribution >= 4 is 29.1 Å². The first-order chi connectivity index (χ1) is 9.97. The molecule has 1 aliphatic carbocycles. The lowest BCUT2D eigenvalue weighted by Crippen LogP contribution is -2.49. The SMILES string of the molecule is CC(Oc1cccc(Cl)c1Cl)C(=O)NC1(C#N)CCCC1. The van der Waals surface area contributed by atoms with Crippen molar-refractivity contribution in [3.63, 3.8) is 0 Å². The summed E-state index contributed by atoms with van der Waals surface area (Å²) in [5.41, 5.74) is -0.757. The van der Waals surface area contributed by atoms with Gasteiger partial charge in [0.15, 0.2) is 6.10 Å². The highest BCUT2D eigenvalue weighted by Gasteiger charge is 2.36. The van der Waals surface area contributed by atoms with Gasteiger partial charge in [-0.15, -0.1) is 0 Å². The van der Waals surface area contributed by atoms with Crippen LogP contribution in [0.5, 0.6) is 5.75 Å². The van der Waals surface area contributed by atoms with E-state index >= 15 is 0 Å². The third-order valence-electron chi connectivity index (χ3n) is 3.62. The normalized spacial score (nSPS) is 17.8. The molecule has 0 aromatic heterocycles. The number of carbonyl (C=O) groups excluding carboxylic acids is 1. The minimum Gasteiger partial charge on any atom is -0.479 e. The third kappa shape index (κ3) is 3.61. The van der Waals surface area contributed by atoms with Gasteiger partial charge in [0.1, 0.15) is 16.3 Å². The Morgan fingerprint density at radius 1 is 1.43 bits per heavy atom. The van der Waals surface area contributed by atoms with Gasteiger partial charge in [-0.3, -0.25) is 4.79 Å². The molecule has 0 bridgehead atoms. The van der Waals surface area contributed by atoms with E-state index in [0.717, 1.165) is 12.8 Å². The molecule has 0 radical (unpaired) electrons. The molecule has 0 saturated heterocycles. The first-order valence-electron chi connectivity index (χ1n) is 6.81. The maximum absolute atomic E-state index is 12.2. The van der Waals surface area contributed by atoms with Gasteiger partial charge < -0.3 is 10.1 Å². The number of hydrogen-bond acceptors (Lipinski definition) is 3. The van der Waals surface area contributed by atoms with Crippen molar-refractivity contribution in [3.05, 3.63) is 28.2 Å². The van der Waals surface area contributed by atoms with Gasteiger partial charge in [-0.2, -0.15) is 5.26 Å². The van der Waals surface area contributed by atoms with Crippen molar-refractivity contribution in [2.45, 2.75) is 44.2 Å². The Bertz CT molecular complexity index is 578. The molecule has 1 aliphatic rings. The Balaban J connectivity index is 2.03. The minimum absolute atomic E-state index is 0.273. The van der Waals surface area contributed by atoms with Gasteiger partial charge in [0.05, 0.1) is 11.1 Å². The second kappa shape index (κ2) is 6.55. The van der Waals surface area contributed by atoms with E-state index in [1.807, 2.05) is 0 Å². The van der Waals surface area contributed by atoms with E-state index in [-0.39, 0.29) is 10.9 Å². The lowest BCUT2D eigenvalue weighted by molar-refractivity contribution is -0.128. The topological polar surface area (TPSA) is 62.1 Å². The molecule has 4 nitrogen and oxygen atoms in total. The van der Waals surface area contributed by atoms with Crippen LogP contribution in [-0.2, 0) is 4.79 Å². The Labute approximate surface area is 134 Å². The smallest absolute Gasteiger partial charge is 0.262 e. The summed E-state index contributed by atoms with van der Waals surface area (Å²) in [5.74, 6) is 0.0266. The lowest BCUT2D eigenvalue weighted by atomic mass is 9.99. The lowest BCUT2D eigenvalue weighted by Gasteiger charge is -2.24. The standard InChI is InChI=1S/C15H16Cl2N2O2/c1-10(21-12-6-4-5-11(16)13(12)17)14(20)19-15(9-18)7-2-3-8-15/h4-6,10H,2-3,7-8H2,1H3,(H,19,20). The molecule has 1 aromatic rings. The summed E-state index contributed by atoms with van der Waals surface area (Å²) in [6.07, 6.45) is 2.50. The van der Waals surface area contributed by atoms with Crippen molar-refractivity contribution in [1.82, 2.24) is 5.32 Å². The summed E-state index contributed by atoms with van der Waals surface area (Å²) in [6.45, 7) is 1.62. The highest BCUT2D eigenvalue weighted by molar-refractivity contribution is 6.42. The van der Waals surface area contributed by atoms with Gasteiger partial charge >= 0.3 is 0 Å². The third-order valence-corrected chi connectivity index (χ3v) is 4.42. The second-order valence-electron chi connectivity index (χ2n) is 5.20. The summed E-state index contributed by atoms with van der Waals surface area (Å²) in [5, 5.41) is 12.7. The van der Waals surface area contributed by atoms with Crippen molar-refractivity contribution in [2.75, 3.05) is 0 Å². The number of carbonyl (C=O) groups is 1. The van der Waals surface area contributed by atoms with Crippen LogP contribution in [0.4, 0.5) is 0 Å². The van der Waals surface area contributed by atoms with E-state index < -0.39 is 11.6 Å². The van der Waals surface area contributed by atoms with E-state index in [0.29, 0.717) is 23.6 Å². The van der Waals surface area contributed by atoms with Crippen LogP contribution in [-0.4, -0.2) is 17.6 Å². The largest absolute Gasteiger partial charge is 0.479 e. The maximum atomic E-state index is 12.2. The monoisotopic (exact) mass is 326 g/mol. The van der Waals surface area contributed by atoms with Crippen LogP contribution < -0.4 is 10.1 Å². The fourth-order valence-corrected chi connectivity index (χ4v) is 2.74. The van der Waals surface area contributed by atoms with Crippen LogP contribution in [0.25, 0.3) is 0 Å².